The molecule has 2 aliphatic carbocycles. The molecule has 0 aromatic rings. The van der Waals surface area contributed by atoms with Gasteiger partial charge < -0.3 is 5.32 Å². The molecule has 2 fully saturated rings. The second-order valence-corrected chi connectivity index (χ2v) is 7.16. The normalized spacial score (nSPS) is 30.0. The van der Waals surface area contributed by atoms with Crippen molar-refractivity contribution in [3.05, 3.63) is 0 Å². The van der Waals surface area contributed by atoms with Crippen LogP contribution in [-0.2, 0) is 0 Å². The van der Waals surface area contributed by atoms with Crippen LogP contribution in [0.4, 0.5) is 0 Å². The lowest BCUT2D eigenvalue weighted by Crippen LogP contribution is -2.40. The van der Waals surface area contributed by atoms with Gasteiger partial charge in [0.25, 0.3) is 0 Å². The highest BCUT2D eigenvalue weighted by Crippen LogP contribution is 2.38. The van der Waals surface area contributed by atoms with Gasteiger partial charge in [-0.05, 0) is 50.0 Å². The van der Waals surface area contributed by atoms with E-state index in [-0.39, 0.29) is 0 Å². The predicted octanol–water partition coefficient (Wildman–Crippen LogP) is 5.15. The molecule has 0 amide bonds. The summed E-state index contributed by atoms with van der Waals surface area (Å²) in [5.41, 5.74) is 0. The Morgan fingerprint density at radius 1 is 0.895 bits per heavy atom. The molecule has 1 heteroatoms. The summed E-state index contributed by atoms with van der Waals surface area (Å²) in [5, 5.41) is 3.89. The fraction of sp³-hybridized carbons (Fsp3) is 1.00. The van der Waals surface area contributed by atoms with Crippen LogP contribution in [-0.4, -0.2) is 12.6 Å². The minimum atomic E-state index is 0.841. The maximum Gasteiger partial charge on any atom is 0.00979 e. The lowest BCUT2D eigenvalue weighted by molar-refractivity contribution is 0.170. The van der Waals surface area contributed by atoms with Gasteiger partial charge in [0.15, 0.2) is 0 Å². The molecule has 1 unspecified atom stereocenters. The fourth-order valence-electron chi connectivity index (χ4n) is 4.15. The molecule has 0 aromatic carbocycles. The molecule has 19 heavy (non-hydrogen) atoms. The van der Waals surface area contributed by atoms with Gasteiger partial charge in [0.2, 0.25) is 0 Å². The van der Waals surface area contributed by atoms with Crippen LogP contribution in [0.15, 0.2) is 0 Å². The van der Waals surface area contributed by atoms with E-state index in [4.69, 9.17) is 0 Å². The standard InChI is InChI=1S/C18H35N/c1-3-6-15-9-11-17(12-10-15)18(19-13-4-2)14-16-7-5-8-16/h15-19H,3-14H2,1-2H3. The topological polar surface area (TPSA) is 12.0 Å². The number of nitrogens with one attached hydrogen (secondary N) is 1. The van der Waals surface area contributed by atoms with E-state index < -0.39 is 0 Å². The second kappa shape index (κ2) is 8.29. The van der Waals surface area contributed by atoms with Gasteiger partial charge in [0.05, 0.1) is 0 Å². The van der Waals surface area contributed by atoms with Crippen molar-refractivity contribution >= 4 is 0 Å². The van der Waals surface area contributed by atoms with Gasteiger partial charge in [-0.15, -0.1) is 0 Å². The molecule has 2 rings (SSSR count). The quantitative estimate of drug-likeness (QED) is 0.640. The minimum Gasteiger partial charge on any atom is -0.314 e. The van der Waals surface area contributed by atoms with Crippen molar-refractivity contribution in [1.29, 1.82) is 0 Å². The first-order valence-electron chi connectivity index (χ1n) is 9.06. The van der Waals surface area contributed by atoms with Crippen LogP contribution >= 0.6 is 0 Å². The molecule has 1 N–H and O–H groups in total. The van der Waals surface area contributed by atoms with E-state index >= 15 is 0 Å². The second-order valence-electron chi connectivity index (χ2n) is 7.16. The molecule has 2 aliphatic rings. The summed E-state index contributed by atoms with van der Waals surface area (Å²) in [6.07, 6.45) is 16.1. The molecule has 0 spiro atoms. The Hall–Kier alpha value is -0.0400. The van der Waals surface area contributed by atoms with Crippen molar-refractivity contribution in [2.45, 2.75) is 90.5 Å². The third-order valence-electron chi connectivity index (χ3n) is 5.63. The molecule has 0 heterocycles. The molecule has 0 saturated heterocycles. The molecule has 2 saturated carbocycles. The van der Waals surface area contributed by atoms with E-state index in [1.54, 1.807) is 0 Å². The molecule has 0 aliphatic heterocycles. The predicted molar refractivity (Wildman–Crippen MR) is 84.4 cm³/mol. The summed E-state index contributed by atoms with van der Waals surface area (Å²) < 4.78 is 0. The Bertz CT molecular complexity index is 226. The first kappa shape index (κ1) is 15.4. The summed E-state index contributed by atoms with van der Waals surface area (Å²) in [7, 11) is 0. The van der Waals surface area contributed by atoms with Gasteiger partial charge in [0.1, 0.15) is 0 Å². The average molecular weight is 265 g/mol. The van der Waals surface area contributed by atoms with Gasteiger partial charge in [-0.3, -0.25) is 0 Å². The monoisotopic (exact) mass is 265 g/mol. The van der Waals surface area contributed by atoms with Crippen molar-refractivity contribution in [3.8, 4) is 0 Å². The smallest absolute Gasteiger partial charge is 0.00979 e. The van der Waals surface area contributed by atoms with Gasteiger partial charge >= 0.3 is 0 Å². The highest BCUT2D eigenvalue weighted by Gasteiger charge is 2.30. The zero-order valence-electron chi connectivity index (χ0n) is 13.3. The number of rotatable bonds is 8. The third-order valence-corrected chi connectivity index (χ3v) is 5.63. The van der Waals surface area contributed by atoms with Gasteiger partial charge in [-0.25, -0.2) is 0 Å². The van der Waals surface area contributed by atoms with Crippen molar-refractivity contribution < 1.29 is 0 Å². The Balaban J connectivity index is 1.76. The van der Waals surface area contributed by atoms with E-state index in [9.17, 15) is 0 Å². The highest BCUT2D eigenvalue weighted by atomic mass is 14.9. The van der Waals surface area contributed by atoms with Crippen molar-refractivity contribution in [2.75, 3.05) is 6.54 Å². The van der Waals surface area contributed by atoms with Crippen LogP contribution in [0.25, 0.3) is 0 Å². The molecule has 1 nitrogen and oxygen atoms in total. The third kappa shape index (κ3) is 4.77. The largest absolute Gasteiger partial charge is 0.314 e. The lowest BCUT2D eigenvalue weighted by Gasteiger charge is -2.38. The fourth-order valence-corrected chi connectivity index (χ4v) is 4.15. The summed E-state index contributed by atoms with van der Waals surface area (Å²) in [4.78, 5) is 0. The van der Waals surface area contributed by atoms with E-state index in [1.165, 1.54) is 77.2 Å². The Morgan fingerprint density at radius 3 is 2.16 bits per heavy atom. The summed E-state index contributed by atoms with van der Waals surface area (Å²) >= 11 is 0. The lowest BCUT2D eigenvalue weighted by atomic mass is 9.72. The van der Waals surface area contributed by atoms with Crippen LogP contribution in [0.5, 0.6) is 0 Å². The molecule has 112 valence electrons. The zero-order valence-corrected chi connectivity index (χ0v) is 13.3. The zero-order chi connectivity index (χ0) is 13.5. The first-order valence-corrected chi connectivity index (χ1v) is 9.06. The molecular weight excluding hydrogens is 230 g/mol. The van der Waals surface area contributed by atoms with Gasteiger partial charge in [-0.2, -0.15) is 0 Å². The number of hydrogen-bond donors (Lipinski definition) is 1. The van der Waals surface area contributed by atoms with E-state index in [2.05, 4.69) is 19.2 Å². The van der Waals surface area contributed by atoms with Crippen molar-refractivity contribution in [3.63, 3.8) is 0 Å². The van der Waals surface area contributed by atoms with Crippen LogP contribution in [0.3, 0.4) is 0 Å². The van der Waals surface area contributed by atoms with Crippen LogP contribution < -0.4 is 5.32 Å². The Morgan fingerprint density at radius 2 is 1.63 bits per heavy atom. The van der Waals surface area contributed by atoms with Gasteiger partial charge in [-0.1, -0.05) is 58.8 Å². The molecule has 0 bridgehead atoms. The van der Waals surface area contributed by atoms with Crippen molar-refractivity contribution in [1.82, 2.24) is 5.32 Å². The molecular formula is C18H35N. The van der Waals surface area contributed by atoms with Crippen LogP contribution in [0, 0.1) is 17.8 Å². The molecule has 0 radical (unpaired) electrons. The van der Waals surface area contributed by atoms with E-state index in [0.29, 0.717) is 0 Å². The van der Waals surface area contributed by atoms with E-state index in [1.807, 2.05) is 0 Å². The molecule has 1 atom stereocenters. The summed E-state index contributed by atoms with van der Waals surface area (Å²) in [6, 6.07) is 0.841. The Kier molecular flexibility index (Phi) is 6.70. The first-order chi connectivity index (χ1) is 9.33. The van der Waals surface area contributed by atoms with Crippen LogP contribution in [0.1, 0.15) is 84.5 Å². The van der Waals surface area contributed by atoms with Crippen LogP contribution in [0.2, 0.25) is 0 Å². The summed E-state index contributed by atoms with van der Waals surface area (Å²) in [6.45, 7) is 5.87. The average Bonchev–Trinajstić information content (AvgIpc) is 2.38. The number of hydrogen-bond acceptors (Lipinski definition) is 1. The molecule has 0 aromatic heterocycles. The maximum atomic E-state index is 3.89. The SMILES string of the molecule is CCCNC(CC1CCC1)C1CCC(CCC)CC1. The van der Waals surface area contributed by atoms with Crippen molar-refractivity contribution in [2.24, 2.45) is 17.8 Å². The minimum absolute atomic E-state index is 0.841. The summed E-state index contributed by atoms with van der Waals surface area (Å²) in [5.74, 6) is 3.10. The maximum absolute atomic E-state index is 3.89. The highest BCUT2D eigenvalue weighted by molar-refractivity contribution is 4.85. The van der Waals surface area contributed by atoms with Gasteiger partial charge in [0, 0.05) is 6.04 Å². The Labute approximate surface area is 120 Å². The van der Waals surface area contributed by atoms with E-state index in [0.717, 1.165) is 23.8 Å².